The number of carbonyl (C=O) groups excluding carboxylic acids is 1. The standard InChI is InChI=1S/C20H21ClN4O3S/c1-13-6-7-15(12-14(13)2)19(26)22-20(29)24-10-8-23(9-11-24)18-16(21)4-3-5-17(18)25(27)28/h3-7,12H,8-11H2,1-2H3,(H,22,26,29). The first-order chi connectivity index (χ1) is 13.8. The highest BCUT2D eigenvalue weighted by Crippen LogP contribution is 2.35. The van der Waals surface area contributed by atoms with Crippen molar-refractivity contribution in [2.45, 2.75) is 13.8 Å². The third kappa shape index (κ3) is 4.65. The Morgan fingerprint density at radius 1 is 1.14 bits per heavy atom. The molecule has 152 valence electrons. The summed E-state index contributed by atoms with van der Waals surface area (Å²) < 4.78 is 0. The summed E-state index contributed by atoms with van der Waals surface area (Å²) in [6, 6.07) is 10.2. The Bertz CT molecular complexity index is 974. The fourth-order valence-corrected chi connectivity index (χ4v) is 3.79. The van der Waals surface area contributed by atoms with Gasteiger partial charge in [0.25, 0.3) is 11.6 Å². The van der Waals surface area contributed by atoms with E-state index in [-0.39, 0.29) is 11.6 Å². The number of hydrogen-bond acceptors (Lipinski definition) is 5. The first-order valence-electron chi connectivity index (χ1n) is 9.13. The second-order valence-corrected chi connectivity index (χ2v) is 7.69. The van der Waals surface area contributed by atoms with Gasteiger partial charge in [0.2, 0.25) is 0 Å². The van der Waals surface area contributed by atoms with Crippen molar-refractivity contribution in [2.24, 2.45) is 0 Å². The van der Waals surface area contributed by atoms with Gasteiger partial charge in [0.15, 0.2) is 5.11 Å². The number of benzene rings is 2. The van der Waals surface area contributed by atoms with Crippen molar-refractivity contribution in [1.29, 1.82) is 0 Å². The third-order valence-corrected chi connectivity index (χ3v) is 5.70. The van der Waals surface area contributed by atoms with E-state index >= 15 is 0 Å². The maximum atomic E-state index is 12.5. The fourth-order valence-electron chi connectivity index (χ4n) is 3.23. The molecule has 0 bridgehead atoms. The molecule has 0 saturated carbocycles. The number of para-hydroxylation sites is 1. The quantitative estimate of drug-likeness (QED) is 0.452. The first-order valence-corrected chi connectivity index (χ1v) is 9.92. The highest BCUT2D eigenvalue weighted by Gasteiger charge is 2.27. The number of nitro benzene ring substituents is 1. The maximum absolute atomic E-state index is 12.5. The molecule has 1 N–H and O–H groups in total. The molecule has 0 aliphatic carbocycles. The molecule has 1 aliphatic heterocycles. The summed E-state index contributed by atoms with van der Waals surface area (Å²) in [5.74, 6) is -0.248. The third-order valence-electron chi connectivity index (χ3n) is 5.03. The Labute approximate surface area is 179 Å². The van der Waals surface area contributed by atoms with E-state index in [1.807, 2.05) is 35.8 Å². The lowest BCUT2D eigenvalue weighted by molar-refractivity contribution is -0.384. The summed E-state index contributed by atoms with van der Waals surface area (Å²) in [4.78, 5) is 27.1. The van der Waals surface area contributed by atoms with E-state index in [1.165, 1.54) is 6.07 Å². The number of nitrogens with zero attached hydrogens (tertiary/aromatic N) is 3. The summed E-state index contributed by atoms with van der Waals surface area (Å²) in [6.07, 6.45) is 0. The molecule has 1 saturated heterocycles. The molecule has 0 unspecified atom stereocenters. The van der Waals surface area contributed by atoms with Gasteiger partial charge < -0.3 is 9.80 Å². The number of anilines is 1. The average Bonchev–Trinajstić information content (AvgIpc) is 2.69. The second-order valence-electron chi connectivity index (χ2n) is 6.90. The van der Waals surface area contributed by atoms with Crippen LogP contribution in [0.25, 0.3) is 0 Å². The SMILES string of the molecule is Cc1ccc(C(=O)NC(=S)N2CCN(c3c(Cl)cccc3[N+](=O)[O-])CC2)cc1C. The van der Waals surface area contributed by atoms with Crippen LogP contribution in [0.1, 0.15) is 21.5 Å². The van der Waals surface area contributed by atoms with Crippen LogP contribution >= 0.6 is 23.8 Å². The minimum absolute atomic E-state index is 0.0171. The molecule has 7 nitrogen and oxygen atoms in total. The molecule has 0 spiro atoms. The molecular formula is C20H21ClN4O3S. The van der Waals surface area contributed by atoms with Gasteiger partial charge in [0.1, 0.15) is 5.69 Å². The van der Waals surface area contributed by atoms with Crippen molar-refractivity contribution < 1.29 is 9.72 Å². The molecule has 9 heteroatoms. The van der Waals surface area contributed by atoms with Crippen LogP contribution in [-0.2, 0) is 0 Å². The topological polar surface area (TPSA) is 78.7 Å². The molecule has 29 heavy (non-hydrogen) atoms. The van der Waals surface area contributed by atoms with Crippen molar-refractivity contribution in [3.05, 3.63) is 68.2 Å². The van der Waals surface area contributed by atoms with Gasteiger partial charge in [-0.15, -0.1) is 0 Å². The minimum atomic E-state index is -0.429. The number of amides is 1. The normalized spacial score (nSPS) is 13.9. The average molecular weight is 433 g/mol. The Balaban J connectivity index is 1.64. The zero-order valence-corrected chi connectivity index (χ0v) is 17.7. The molecule has 1 heterocycles. The number of carbonyl (C=O) groups is 1. The van der Waals surface area contributed by atoms with Crippen LogP contribution in [0.4, 0.5) is 11.4 Å². The summed E-state index contributed by atoms with van der Waals surface area (Å²) in [6.45, 7) is 6.00. The molecule has 1 fully saturated rings. The van der Waals surface area contributed by atoms with Gasteiger partial charge >= 0.3 is 0 Å². The van der Waals surface area contributed by atoms with Crippen LogP contribution in [0.3, 0.4) is 0 Å². The number of nitrogens with one attached hydrogen (secondary N) is 1. The lowest BCUT2D eigenvalue weighted by Gasteiger charge is -2.37. The zero-order chi connectivity index (χ0) is 21.1. The summed E-state index contributed by atoms with van der Waals surface area (Å²) in [5, 5.41) is 14.8. The molecule has 2 aromatic carbocycles. The van der Waals surface area contributed by atoms with Crippen molar-refractivity contribution in [3.63, 3.8) is 0 Å². The number of piperazine rings is 1. The van der Waals surface area contributed by atoms with Gasteiger partial charge in [-0.2, -0.15) is 0 Å². The van der Waals surface area contributed by atoms with Crippen LogP contribution in [0.15, 0.2) is 36.4 Å². The Kier molecular flexibility index (Phi) is 6.34. The number of rotatable bonds is 3. The van der Waals surface area contributed by atoms with E-state index in [2.05, 4.69) is 5.32 Å². The van der Waals surface area contributed by atoms with Crippen molar-refractivity contribution in [3.8, 4) is 0 Å². The van der Waals surface area contributed by atoms with E-state index in [1.54, 1.807) is 18.2 Å². The number of nitro groups is 1. The van der Waals surface area contributed by atoms with E-state index in [0.717, 1.165) is 11.1 Å². The molecule has 3 rings (SSSR count). The summed E-state index contributed by atoms with van der Waals surface area (Å²) >= 11 is 11.6. The largest absolute Gasteiger partial charge is 0.361 e. The van der Waals surface area contributed by atoms with Gasteiger partial charge in [0, 0.05) is 37.8 Å². The van der Waals surface area contributed by atoms with E-state index < -0.39 is 4.92 Å². The zero-order valence-electron chi connectivity index (χ0n) is 16.1. The number of aryl methyl sites for hydroxylation is 2. The maximum Gasteiger partial charge on any atom is 0.294 e. The molecule has 2 aromatic rings. The predicted octanol–water partition coefficient (Wildman–Crippen LogP) is 3.70. The number of halogens is 1. The highest BCUT2D eigenvalue weighted by atomic mass is 35.5. The van der Waals surface area contributed by atoms with Crippen LogP contribution in [-0.4, -0.2) is 47.0 Å². The predicted molar refractivity (Wildman–Crippen MR) is 118 cm³/mol. The van der Waals surface area contributed by atoms with Crippen molar-refractivity contribution >= 4 is 46.2 Å². The molecule has 1 amide bonds. The Hall–Kier alpha value is -2.71. The lowest BCUT2D eigenvalue weighted by atomic mass is 10.1. The Morgan fingerprint density at radius 3 is 2.45 bits per heavy atom. The highest BCUT2D eigenvalue weighted by molar-refractivity contribution is 7.80. The number of thiocarbonyl (C=S) groups is 1. The van der Waals surface area contributed by atoms with E-state index in [9.17, 15) is 14.9 Å². The van der Waals surface area contributed by atoms with Crippen LogP contribution in [0.5, 0.6) is 0 Å². The molecule has 1 aliphatic rings. The van der Waals surface area contributed by atoms with Gasteiger partial charge in [-0.05, 0) is 55.4 Å². The number of hydrogen-bond donors (Lipinski definition) is 1. The van der Waals surface area contributed by atoms with Crippen LogP contribution in [0.2, 0.25) is 5.02 Å². The van der Waals surface area contributed by atoms with Gasteiger partial charge in [-0.1, -0.05) is 23.7 Å². The van der Waals surface area contributed by atoms with Gasteiger partial charge in [-0.3, -0.25) is 20.2 Å². The van der Waals surface area contributed by atoms with E-state index in [0.29, 0.717) is 47.6 Å². The first kappa shape index (κ1) is 21.0. The molecular weight excluding hydrogens is 412 g/mol. The Morgan fingerprint density at radius 2 is 1.83 bits per heavy atom. The van der Waals surface area contributed by atoms with Gasteiger partial charge in [-0.25, -0.2) is 0 Å². The molecule has 0 aromatic heterocycles. The summed E-state index contributed by atoms with van der Waals surface area (Å²) in [5.41, 5.74) is 3.12. The summed E-state index contributed by atoms with van der Waals surface area (Å²) in [7, 11) is 0. The van der Waals surface area contributed by atoms with Crippen LogP contribution in [0, 0.1) is 24.0 Å². The minimum Gasteiger partial charge on any atom is -0.361 e. The second kappa shape index (κ2) is 8.75. The molecule has 0 radical (unpaired) electrons. The van der Waals surface area contributed by atoms with Crippen molar-refractivity contribution in [2.75, 3.05) is 31.1 Å². The lowest BCUT2D eigenvalue weighted by Crippen LogP contribution is -2.52. The van der Waals surface area contributed by atoms with Gasteiger partial charge in [0.05, 0.1) is 9.95 Å². The van der Waals surface area contributed by atoms with E-state index in [4.69, 9.17) is 23.8 Å². The molecule has 0 atom stereocenters. The monoisotopic (exact) mass is 432 g/mol. The smallest absolute Gasteiger partial charge is 0.294 e. The van der Waals surface area contributed by atoms with Crippen molar-refractivity contribution in [1.82, 2.24) is 10.2 Å². The van der Waals surface area contributed by atoms with Crippen LogP contribution < -0.4 is 10.2 Å². The fraction of sp³-hybridized carbons (Fsp3) is 0.300.